The molecule has 0 saturated heterocycles. The maximum atomic E-state index is 11.8. The summed E-state index contributed by atoms with van der Waals surface area (Å²) in [4.78, 5) is 19.4. The Kier molecular flexibility index (Phi) is 10.2. The molecule has 0 unspecified atom stereocenters. The van der Waals surface area contributed by atoms with Crippen LogP contribution in [-0.2, 0) is 13.1 Å². The molecule has 27 heavy (non-hydrogen) atoms. The highest BCUT2D eigenvalue weighted by Gasteiger charge is 2.08. The fourth-order valence-corrected chi connectivity index (χ4v) is 3.02. The summed E-state index contributed by atoms with van der Waals surface area (Å²) in [6.45, 7) is 1.37. The number of rotatable bonds is 6. The Balaban J connectivity index is 0.00000364. The summed E-state index contributed by atoms with van der Waals surface area (Å²) < 4.78 is 0. The fraction of sp³-hybridized carbons (Fsp3) is 0.300. The molecular weight excluding hydrogens is 471 g/mol. The normalized spacial score (nSPS) is 10.7. The average Bonchev–Trinajstić information content (AvgIpc) is 2.68. The molecule has 0 bridgehead atoms. The Hall–Kier alpha value is -1.74. The molecule has 0 saturated carbocycles. The summed E-state index contributed by atoms with van der Waals surface area (Å²) >= 11 is 1.74. The number of nitrogens with zero attached hydrogens (tertiary/aromatic N) is 2. The smallest absolute Gasteiger partial charge is 0.251 e. The van der Waals surface area contributed by atoms with Crippen LogP contribution in [0.4, 0.5) is 0 Å². The molecule has 2 aromatic carbocycles. The molecule has 2 N–H and O–H groups in total. The second kappa shape index (κ2) is 11.9. The van der Waals surface area contributed by atoms with Gasteiger partial charge in [-0.2, -0.15) is 0 Å². The first-order valence-electron chi connectivity index (χ1n) is 8.43. The monoisotopic (exact) mass is 498 g/mol. The van der Waals surface area contributed by atoms with Crippen LogP contribution in [0.1, 0.15) is 21.5 Å². The number of aliphatic imine (C=N–C) groups is 1. The molecule has 0 aliphatic rings. The van der Waals surface area contributed by atoms with Gasteiger partial charge in [0.05, 0.1) is 0 Å². The van der Waals surface area contributed by atoms with E-state index in [-0.39, 0.29) is 29.9 Å². The number of carbonyl (C=O) groups is 1. The van der Waals surface area contributed by atoms with Gasteiger partial charge in [-0.25, -0.2) is 0 Å². The first kappa shape index (κ1) is 23.3. The van der Waals surface area contributed by atoms with Gasteiger partial charge in [0.15, 0.2) is 5.96 Å². The number of benzene rings is 2. The van der Waals surface area contributed by atoms with E-state index in [1.165, 1.54) is 10.5 Å². The Bertz CT molecular complexity index is 765. The van der Waals surface area contributed by atoms with Crippen molar-refractivity contribution >= 4 is 47.6 Å². The molecule has 0 radical (unpaired) electrons. The first-order chi connectivity index (χ1) is 12.6. The highest BCUT2D eigenvalue weighted by atomic mass is 127. The van der Waals surface area contributed by atoms with Gasteiger partial charge in [-0.3, -0.25) is 9.79 Å². The van der Waals surface area contributed by atoms with E-state index in [4.69, 9.17) is 0 Å². The van der Waals surface area contributed by atoms with Gasteiger partial charge in [-0.1, -0.05) is 24.3 Å². The molecular formula is C20H27IN4OS. The van der Waals surface area contributed by atoms with Gasteiger partial charge in [0, 0.05) is 44.7 Å². The summed E-state index contributed by atoms with van der Waals surface area (Å²) in [6, 6.07) is 16.1. The Morgan fingerprint density at radius 1 is 1.15 bits per heavy atom. The highest BCUT2D eigenvalue weighted by molar-refractivity contribution is 14.0. The van der Waals surface area contributed by atoms with Crippen LogP contribution < -0.4 is 10.6 Å². The van der Waals surface area contributed by atoms with E-state index < -0.39 is 0 Å². The third kappa shape index (κ3) is 7.06. The zero-order valence-electron chi connectivity index (χ0n) is 16.2. The molecule has 0 aliphatic carbocycles. The quantitative estimate of drug-likeness (QED) is 0.277. The van der Waals surface area contributed by atoms with Gasteiger partial charge >= 0.3 is 0 Å². The number of nitrogens with one attached hydrogen (secondary N) is 2. The molecule has 0 fully saturated rings. The standard InChI is InChI=1S/C20H26N4OS.HI/c1-21-19(25)17-7-5-6-16(12-17)13-23-20(22-2)24(3)14-15-8-10-18(26-4)11-9-15;/h5-12H,13-14H2,1-4H3,(H,21,25)(H,22,23);1H. The van der Waals surface area contributed by atoms with Gasteiger partial charge in [0.25, 0.3) is 5.91 Å². The van der Waals surface area contributed by atoms with E-state index in [0.717, 1.165) is 18.1 Å². The Morgan fingerprint density at radius 3 is 2.44 bits per heavy atom. The first-order valence-corrected chi connectivity index (χ1v) is 9.65. The second-order valence-corrected chi connectivity index (χ2v) is 6.76. The van der Waals surface area contributed by atoms with Gasteiger partial charge < -0.3 is 15.5 Å². The molecule has 2 aromatic rings. The zero-order valence-corrected chi connectivity index (χ0v) is 19.3. The van der Waals surface area contributed by atoms with Gasteiger partial charge in [0.1, 0.15) is 0 Å². The van der Waals surface area contributed by atoms with Crippen LogP contribution in [0.3, 0.4) is 0 Å². The maximum Gasteiger partial charge on any atom is 0.251 e. The fourth-order valence-electron chi connectivity index (χ4n) is 2.61. The summed E-state index contributed by atoms with van der Waals surface area (Å²) in [6.07, 6.45) is 2.08. The van der Waals surface area contributed by atoms with E-state index in [9.17, 15) is 4.79 Å². The van der Waals surface area contributed by atoms with E-state index in [2.05, 4.69) is 51.0 Å². The van der Waals surface area contributed by atoms with Gasteiger partial charge in [-0.05, 0) is 41.6 Å². The SMILES string of the molecule is CN=C(NCc1cccc(C(=O)NC)c1)N(C)Cc1ccc(SC)cc1.I. The summed E-state index contributed by atoms with van der Waals surface area (Å²) in [5, 5.41) is 6.00. The van der Waals surface area contributed by atoms with Crippen LogP contribution in [0.5, 0.6) is 0 Å². The van der Waals surface area contributed by atoms with Crippen molar-refractivity contribution in [2.75, 3.05) is 27.4 Å². The number of hydrogen-bond donors (Lipinski definition) is 2. The molecule has 0 atom stereocenters. The topological polar surface area (TPSA) is 56.7 Å². The van der Waals surface area contributed by atoms with Crippen molar-refractivity contribution < 1.29 is 4.79 Å². The average molecular weight is 498 g/mol. The number of thioether (sulfide) groups is 1. The van der Waals surface area contributed by atoms with Crippen LogP contribution >= 0.6 is 35.7 Å². The minimum Gasteiger partial charge on any atom is -0.355 e. The van der Waals surface area contributed by atoms with Crippen LogP contribution in [-0.4, -0.2) is 44.2 Å². The van der Waals surface area contributed by atoms with Crippen molar-refractivity contribution in [1.29, 1.82) is 0 Å². The summed E-state index contributed by atoms with van der Waals surface area (Å²) in [7, 11) is 5.42. The van der Waals surface area contributed by atoms with E-state index in [1.807, 2.05) is 31.3 Å². The highest BCUT2D eigenvalue weighted by Crippen LogP contribution is 2.15. The van der Waals surface area contributed by atoms with E-state index in [0.29, 0.717) is 12.1 Å². The van der Waals surface area contributed by atoms with Gasteiger partial charge in [-0.15, -0.1) is 35.7 Å². The van der Waals surface area contributed by atoms with Gasteiger partial charge in [0.2, 0.25) is 0 Å². The van der Waals surface area contributed by atoms with Crippen molar-refractivity contribution in [2.24, 2.45) is 4.99 Å². The minimum atomic E-state index is -0.0814. The third-order valence-electron chi connectivity index (χ3n) is 4.02. The molecule has 5 nitrogen and oxygen atoms in total. The molecule has 7 heteroatoms. The zero-order chi connectivity index (χ0) is 18.9. The lowest BCUT2D eigenvalue weighted by molar-refractivity contribution is 0.0963. The lowest BCUT2D eigenvalue weighted by Crippen LogP contribution is -2.38. The van der Waals surface area contributed by atoms with Crippen molar-refractivity contribution in [3.63, 3.8) is 0 Å². The molecule has 0 spiro atoms. The van der Waals surface area contributed by atoms with Crippen molar-refractivity contribution in [2.45, 2.75) is 18.0 Å². The molecule has 146 valence electrons. The number of guanidine groups is 1. The number of carbonyl (C=O) groups excluding carboxylic acids is 1. The van der Waals surface area contributed by atoms with Crippen LogP contribution in [0.15, 0.2) is 58.4 Å². The Morgan fingerprint density at radius 2 is 1.85 bits per heavy atom. The second-order valence-electron chi connectivity index (χ2n) is 5.88. The summed E-state index contributed by atoms with van der Waals surface area (Å²) in [5.41, 5.74) is 2.92. The van der Waals surface area contributed by atoms with Crippen molar-refractivity contribution in [3.8, 4) is 0 Å². The summed E-state index contributed by atoms with van der Waals surface area (Å²) in [5.74, 6) is 0.728. The largest absolute Gasteiger partial charge is 0.355 e. The third-order valence-corrected chi connectivity index (χ3v) is 4.76. The van der Waals surface area contributed by atoms with Crippen LogP contribution in [0.25, 0.3) is 0 Å². The lowest BCUT2D eigenvalue weighted by atomic mass is 10.1. The Labute approximate surface area is 183 Å². The van der Waals surface area contributed by atoms with Crippen molar-refractivity contribution in [3.05, 3.63) is 65.2 Å². The van der Waals surface area contributed by atoms with Crippen molar-refractivity contribution in [1.82, 2.24) is 15.5 Å². The van der Waals surface area contributed by atoms with E-state index in [1.54, 1.807) is 25.9 Å². The number of amides is 1. The molecule has 1 amide bonds. The van der Waals surface area contributed by atoms with Crippen LogP contribution in [0, 0.1) is 0 Å². The molecule has 0 aliphatic heterocycles. The number of halogens is 1. The number of hydrogen-bond acceptors (Lipinski definition) is 3. The molecule has 0 heterocycles. The predicted octanol–water partition coefficient (Wildman–Crippen LogP) is 3.59. The van der Waals surface area contributed by atoms with E-state index >= 15 is 0 Å². The predicted molar refractivity (Wildman–Crippen MR) is 125 cm³/mol. The minimum absolute atomic E-state index is 0. The van der Waals surface area contributed by atoms with Crippen LogP contribution in [0.2, 0.25) is 0 Å². The lowest BCUT2D eigenvalue weighted by Gasteiger charge is -2.22. The maximum absolute atomic E-state index is 11.8. The molecule has 2 rings (SSSR count). The molecule has 0 aromatic heterocycles.